The summed E-state index contributed by atoms with van der Waals surface area (Å²) in [7, 11) is 0. The first-order chi connectivity index (χ1) is 29.7. The maximum atomic E-state index is 5.49. The molecule has 4 heterocycles. The Bertz CT molecular complexity index is 2090. The normalized spacial score (nSPS) is 14.7. The molecular formula is C56H76N2O4. The first kappa shape index (κ1) is 48.3. The summed E-state index contributed by atoms with van der Waals surface area (Å²) in [5.41, 5.74) is 14.4. The van der Waals surface area contributed by atoms with Crippen LogP contribution in [0, 0.1) is 13.8 Å². The number of benzene rings is 5. The van der Waals surface area contributed by atoms with Gasteiger partial charge < -0.3 is 24.3 Å². The lowest BCUT2D eigenvalue weighted by Crippen LogP contribution is -2.35. The summed E-state index contributed by atoms with van der Waals surface area (Å²) in [5.74, 6) is 5.87. The minimum absolute atomic E-state index is 0.358. The predicted octanol–water partition coefficient (Wildman–Crippen LogP) is 13.5. The molecule has 0 bridgehead atoms. The third-order valence-electron chi connectivity index (χ3n) is 12.2. The van der Waals surface area contributed by atoms with E-state index in [2.05, 4.69) is 172 Å². The minimum Gasteiger partial charge on any atom is -0.486 e. The van der Waals surface area contributed by atoms with Crippen LogP contribution in [0.2, 0.25) is 0 Å². The van der Waals surface area contributed by atoms with Crippen molar-refractivity contribution in [1.29, 1.82) is 0 Å². The molecule has 6 heteroatoms. The zero-order valence-electron chi connectivity index (χ0n) is 40.1. The molecule has 334 valence electrons. The molecule has 0 aromatic heterocycles. The van der Waals surface area contributed by atoms with Crippen LogP contribution in [0.3, 0.4) is 0 Å². The number of nitrogens with one attached hydrogen (secondary N) is 1. The summed E-state index contributed by atoms with van der Waals surface area (Å²) in [5, 5.41) is 3.41. The van der Waals surface area contributed by atoms with E-state index in [9.17, 15) is 0 Å². The van der Waals surface area contributed by atoms with Crippen molar-refractivity contribution < 1.29 is 18.9 Å². The molecule has 0 aliphatic carbocycles. The Balaban J connectivity index is 0.000000147. The van der Waals surface area contributed by atoms with E-state index in [1.807, 2.05) is 18.2 Å². The van der Waals surface area contributed by atoms with Crippen LogP contribution in [0.1, 0.15) is 149 Å². The molecule has 0 amide bonds. The van der Waals surface area contributed by atoms with E-state index >= 15 is 0 Å². The molecule has 0 saturated heterocycles. The molecule has 0 unspecified atom stereocenters. The van der Waals surface area contributed by atoms with E-state index in [-0.39, 0.29) is 0 Å². The summed E-state index contributed by atoms with van der Waals surface area (Å²) >= 11 is 0. The summed E-state index contributed by atoms with van der Waals surface area (Å²) in [6, 6.07) is 35.3. The van der Waals surface area contributed by atoms with Gasteiger partial charge in [0.2, 0.25) is 6.79 Å². The number of hydrogen-bond donors (Lipinski definition) is 1. The second-order valence-electron chi connectivity index (χ2n) is 18.5. The molecule has 4 aliphatic rings. The lowest BCUT2D eigenvalue weighted by Gasteiger charge is -2.31. The predicted molar refractivity (Wildman–Crippen MR) is 260 cm³/mol. The van der Waals surface area contributed by atoms with Crippen molar-refractivity contribution in [3.8, 4) is 23.0 Å². The molecule has 9 rings (SSSR count). The SMILES string of the molecule is CC(C)N1CCc2ccccc2C1.CC(C)c1ccc2c(c1)CNCC2.CC(C)c1ccc2c(c1)OCCO2.CC(C)c1ccc2c(c1)OCO2.Cc1ccc(C(C)C)cc1C. The molecule has 0 atom stereocenters. The second-order valence-corrected chi connectivity index (χ2v) is 18.5. The van der Waals surface area contributed by atoms with Gasteiger partial charge in [0.05, 0.1) is 0 Å². The van der Waals surface area contributed by atoms with Crippen LogP contribution in [0.5, 0.6) is 23.0 Å². The van der Waals surface area contributed by atoms with Crippen LogP contribution in [-0.2, 0) is 25.9 Å². The van der Waals surface area contributed by atoms with Gasteiger partial charge >= 0.3 is 0 Å². The van der Waals surface area contributed by atoms with Crippen molar-refractivity contribution in [1.82, 2.24) is 10.2 Å². The van der Waals surface area contributed by atoms with Crippen LogP contribution in [-0.4, -0.2) is 44.0 Å². The first-order valence-electron chi connectivity index (χ1n) is 23.2. The fourth-order valence-electron chi connectivity index (χ4n) is 7.63. The molecule has 6 nitrogen and oxygen atoms in total. The Labute approximate surface area is 375 Å². The number of aryl methyl sites for hydroxylation is 2. The van der Waals surface area contributed by atoms with Crippen LogP contribution >= 0.6 is 0 Å². The molecule has 62 heavy (non-hydrogen) atoms. The largest absolute Gasteiger partial charge is 0.486 e. The van der Waals surface area contributed by atoms with Crippen LogP contribution in [0.4, 0.5) is 0 Å². The third-order valence-corrected chi connectivity index (χ3v) is 12.2. The van der Waals surface area contributed by atoms with Gasteiger partial charge in [-0.2, -0.15) is 0 Å². The van der Waals surface area contributed by atoms with Gasteiger partial charge in [-0.05, 0) is 151 Å². The zero-order valence-corrected chi connectivity index (χ0v) is 40.1. The second kappa shape index (κ2) is 23.6. The fourth-order valence-corrected chi connectivity index (χ4v) is 7.63. The number of ether oxygens (including phenoxy) is 4. The molecule has 5 aromatic rings. The van der Waals surface area contributed by atoms with E-state index in [0.717, 1.165) is 42.6 Å². The van der Waals surface area contributed by atoms with Crippen LogP contribution < -0.4 is 24.3 Å². The van der Waals surface area contributed by atoms with Crippen molar-refractivity contribution in [2.75, 3.05) is 33.1 Å². The van der Waals surface area contributed by atoms with Gasteiger partial charge in [0, 0.05) is 25.7 Å². The average Bonchev–Trinajstić information content (AvgIpc) is 3.76. The third kappa shape index (κ3) is 14.1. The molecule has 0 saturated carbocycles. The molecule has 5 aromatic carbocycles. The monoisotopic (exact) mass is 841 g/mol. The Morgan fingerprint density at radius 1 is 0.468 bits per heavy atom. The standard InChI is InChI=1S/2C12H17N.C11H14O2.C11H16.C10H12O2/c1-9(2)11-4-3-10-5-6-13-8-12(10)7-11;1-10(2)13-8-7-11-5-3-4-6-12(11)9-13;1-8(2)9-3-4-10-11(7-9)13-6-5-12-10;1-8(2)11-6-5-9(3)10(4)7-11;1-7(2)8-3-4-9-10(5-8)12-6-11-9/h3-4,7,9,13H,5-6,8H2,1-2H3;3-6,10H,7-9H2,1-2H3;3-4,7-8H,5-6H2,1-2H3;5-8H,1-4H3;3-5,7H,6H2,1-2H3. The van der Waals surface area contributed by atoms with E-state index in [1.54, 1.807) is 5.56 Å². The molecule has 0 fully saturated rings. The lowest BCUT2D eigenvalue weighted by molar-refractivity contribution is 0.171. The van der Waals surface area contributed by atoms with E-state index in [4.69, 9.17) is 18.9 Å². The Hall–Kier alpha value is -4.78. The highest BCUT2D eigenvalue weighted by atomic mass is 16.7. The number of hydrogen-bond acceptors (Lipinski definition) is 6. The first-order valence-corrected chi connectivity index (χ1v) is 23.2. The Morgan fingerprint density at radius 3 is 1.58 bits per heavy atom. The highest BCUT2D eigenvalue weighted by molar-refractivity contribution is 5.46. The molecule has 0 radical (unpaired) electrons. The molecule has 4 aliphatic heterocycles. The average molecular weight is 841 g/mol. The smallest absolute Gasteiger partial charge is 0.231 e. The Morgan fingerprint density at radius 2 is 0.968 bits per heavy atom. The summed E-state index contributed by atoms with van der Waals surface area (Å²) < 4.78 is 21.4. The zero-order chi connectivity index (χ0) is 44.8. The van der Waals surface area contributed by atoms with E-state index in [0.29, 0.717) is 49.7 Å². The summed E-state index contributed by atoms with van der Waals surface area (Å²) in [4.78, 5) is 2.53. The van der Waals surface area contributed by atoms with Gasteiger partial charge in [-0.25, -0.2) is 0 Å². The molecule has 1 N–H and O–H groups in total. The quantitative estimate of drug-likeness (QED) is 0.190. The maximum Gasteiger partial charge on any atom is 0.231 e. The van der Waals surface area contributed by atoms with Gasteiger partial charge in [0.25, 0.3) is 0 Å². The number of fused-ring (bicyclic) bond motifs is 4. The van der Waals surface area contributed by atoms with Gasteiger partial charge in [0.1, 0.15) is 13.2 Å². The minimum atomic E-state index is 0.358. The maximum absolute atomic E-state index is 5.49. The van der Waals surface area contributed by atoms with Gasteiger partial charge in [-0.15, -0.1) is 0 Å². The van der Waals surface area contributed by atoms with Crippen LogP contribution in [0.25, 0.3) is 0 Å². The topological polar surface area (TPSA) is 52.2 Å². The summed E-state index contributed by atoms with van der Waals surface area (Å²) in [6.07, 6.45) is 2.40. The Kier molecular flexibility index (Phi) is 18.4. The number of nitrogens with zero attached hydrogens (tertiary/aromatic N) is 1. The molecule has 0 spiro atoms. The lowest BCUT2D eigenvalue weighted by atomic mass is 9.94. The van der Waals surface area contributed by atoms with Gasteiger partial charge in [0.15, 0.2) is 23.0 Å². The van der Waals surface area contributed by atoms with Crippen molar-refractivity contribution in [3.05, 3.63) is 153 Å². The van der Waals surface area contributed by atoms with Gasteiger partial charge in [-0.1, -0.05) is 128 Å². The molecular weight excluding hydrogens is 765 g/mol. The van der Waals surface area contributed by atoms with E-state index < -0.39 is 0 Å². The van der Waals surface area contributed by atoms with Crippen molar-refractivity contribution >= 4 is 0 Å². The van der Waals surface area contributed by atoms with Crippen molar-refractivity contribution in [2.45, 2.75) is 139 Å². The summed E-state index contributed by atoms with van der Waals surface area (Å²) in [6.45, 7) is 32.7. The van der Waals surface area contributed by atoms with E-state index in [1.165, 1.54) is 69.5 Å². The van der Waals surface area contributed by atoms with Crippen LogP contribution in [0.15, 0.2) is 97.1 Å². The van der Waals surface area contributed by atoms with Gasteiger partial charge in [-0.3, -0.25) is 4.90 Å². The van der Waals surface area contributed by atoms with Crippen molar-refractivity contribution in [3.63, 3.8) is 0 Å². The highest BCUT2D eigenvalue weighted by Crippen LogP contribution is 2.35. The fraction of sp³-hybridized carbons (Fsp3) is 0.464. The highest BCUT2D eigenvalue weighted by Gasteiger charge is 2.18. The number of rotatable bonds is 5. The van der Waals surface area contributed by atoms with Crippen molar-refractivity contribution in [2.24, 2.45) is 0 Å².